The SMILES string of the molecule is CN(C)C(=O)CN1CCN(C(=O)C(N)CC(=O)O)CC1. The summed E-state index contributed by atoms with van der Waals surface area (Å²) >= 11 is 0. The maximum atomic E-state index is 11.9. The van der Waals surface area contributed by atoms with Gasteiger partial charge in [-0.25, -0.2) is 0 Å². The van der Waals surface area contributed by atoms with Gasteiger partial charge in [-0.3, -0.25) is 19.3 Å². The molecule has 0 aliphatic carbocycles. The molecule has 1 aliphatic rings. The van der Waals surface area contributed by atoms with Crippen LogP contribution in [-0.4, -0.2) is 90.5 Å². The standard InChI is InChI=1S/C12H22N4O4/c1-14(2)10(17)8-15-3-5-16(6-4-15)12(20)9(13)7-11(18)19/h9H,3-8,13H2,1-2H3,(H,18,19). The number of carboxylic acids is 1. The first kappa shape index (κ1) is 16.4. The molecule has 0 aromatic carbocycles. The molecule has 1 rings (SSSR count). The monoisotopic (exact) mass is 286 g/mol. The first-order chi connectivity index (χ1) is 9.31. The van der Waals surface area contributed by atoms with Crippen LogP contribution in [0.3, 0.4) is 0 Å². The second kappa shape index (κ2) is 7.20. The zero-order valence-electron chi connectivity index (χ0n) is 11.9. The van der Waals surface area contributed by atoms with Crippen molar-refractivity contribution in [2.24, 2.45) is 5.73 Å². The lowest BCUT2D eigenvalue weighted by Gasteiger charge is -2.35. The third kappa shape index (κ3) is 4.78. The number of amides is 2. The number of likely N-dealkylation sites (N-methyl/N-ethyl adjacent to an activating group) is 1. The number of hydrogen-bond donors (Lipinski definition) is 2. The molecule has 8 heteroatoms. The van der Waals surface area contributed by atoms with Crippen LogP contribution in [0.15, 0.2) is 0 Å². The Labute approximate surface area is 118 Å². The number of nitrogens with zero attached hydrogens (tertiary/aromatic N) is 3. The fraction of sp³-hybridized carbons (Fsp3) is 0.750. The lowest BCUT2D eigenvalue weighted by atomic mass is 10.1. The Morgan fingerprint density at radius 2 is 1.75 bits per heavy atom. The summed E-state index contributed by atoms with van der Waals surface area (Å²) in [4.78, 5) is 39.1. The molecule has 1 heterocycles. The summed E-state index contributed by atoms with van der Waals surface area (Å²) in [6.07, 6.45) is -0.363. The zero-order valence-corrected chi connectivity index (χ0v) is 11.9. The van der Waals surface area contributed by atoms with E-state index in [4.69, 9.17) is 10.8 Å². The summed E-state index contributed by atoms with van der Waals surface area (Å²) in [6.45, 7) is 2.44. The van der Waals surface area contributed by atoms with E-state index in [1.54, 1.807) is 19.0 Å². The van der Waals surface area contributed by atoms with Gasteiger partial charge in [0.25, 0.3) is 0 Å². The maximum Gasteiger partial charge on any atom is 0.305 e. The zero-order chi connectivity index (χ0) is 15.3. The largest absolute Gasteiger partial charge is 0.481 e. The van der Waals surface area contributed by atoms with Crippen LogP contribution in [0.2, 0.25) is 0 Å². The molecule has 1 fully saturated rings. The third-order valence-electron chi connectivity index (χ3n) is 3.25. The second-order valence-electron chi connectivity index (χ2n) is 5.09. The van der Waals surface area contributed by atoms with Crippen LogP contribution in [0.4, 0.5) is 0 Å². The Kier molecular flexibility index (Phi) is 5.90. The number of piperazine rings is 1. The van der Waals surface area contributed by atoms with Crippen LogP contribution in [0.25, 0.3) is 0 Å². The van der Waals surface area contributed by atoms with E-state index in [0.29, 0.717) is 32.7 Å². The molecular formula is C12H22N4O4. The Hall–Kier alpha value is -1.67. The first-order valence-electron chi connectivity index (χ1n) is 6.50. The Morgan fingerprint density at radius 3 is 2.20 bits per heavy atom. The normalized spacial score (nSPS) is 17.6. The minimum absolute atomic E-state index is 0.0207. The molecule has 1 unspecified atom stereocenters. The number of carboxylic acid groups (broad SMARTS) is 1. The van der Waals surface area contributed by atoms with Crippen LogP contribution < -0.4 is 5.73 Å². The number of aliphatic carboxylic acids is 1. The van der Waals surface area contributed by atoms with Gasteiger partial charge in [-0.1, -0.05) is 0 Å². The Bertz CT molecular complexity index is 378. The molecular weight excluding hydrogens is 264 g/mol. The predicted octanol–water partition coefficient (Wildman–Crippen LogP) is -1.98. The molecule has 0 spiro atoms. The summed E-state index contributed by atoms with van der Waals surface area (Å²) < 4.78 is 0. The maximum absolute atomic E-state index is 11.9. The highest BCUT2D eigenvalue weighted by Crippen LogP contribution is 2.05. The average Bonchev–Trinajstić information content (AvgIpc) is 2.37. The molecule has 0 bridgehead atoms. The molecule has 20 heavy (non-hydrogen) atoms. The molecule has 3 N–H and O–H groups in total. The fourth-order valence-corrected chi connectivity index (χ4v) is 1.97. The molecule has 0 aromatic heterocycles. The van der Waals surface area contributed by atoms with Gasteiger partial charge in [0, 0.05) is 40.3 Å². The van der Waals surface area contributed by atoms with Crippen LogP contribution in [-0.2, 0) is 14.4 Å². The van der Waals surface area contributed by atoms with Crippen molar-refractivity contribution < 1.29 is 19.5 Å². The van der Waals surface area contributed by atoms with Crippen LogP contribution >= 0.6 is 0 Å². The van der Waals surface area contributed by atoms with E-state index in [-0.39, 0.29) is 18.2 Å². The van der Waals surface area contributed by atoms with Crippen LogP contribution in [0.5, 0.6) is 0 Å². The smallest absolute Gasteiger partial charge is 0.305 e. The van der Waals surface area contributed by atoms with Gasteiger partial charge >= 0.3 is 5.97 Å². The minimum Gasteiger partial charge on any atom is -0.481 e. The number of nitrogens with two attached hydrogens (primary N) is 1. The van der Waals surface area contributed by atoms with Gasteiger partial charge in [-0.2, -0.15) is 0 Å². The van der Waals surface area contributed by atoms with E-state index >= 15 is 0 Å². The molecule has 8 nitrogen and oxygen atoms in total. The first-order valence-corrected chi connectivity index (χ1v) is 6.50. The quantitative estimate of drug-likeness (QED) is 0.606. The molecule has 1 saturated heterocycles. The summed E-state index contributed by atoms with van der Waals surface area (Å²) in [5.41, 5.74) is 5.56. The minimum atomic E-state index is -1.08. The Morgan fingerprint density at radius 1 is 1.20 bits per heavy atom. The van der Waals surface area contributed by atoms with Gasteiger partial charge in [0.2, 0.25) is 11.8 Å². The van der Waals surface area contributed by atoms with Crippen molar-refractivity contribution in [2.75, 3.05) is 46.8 Å². The third-order valence-corrected chi connectivity index (χ3v) is 3.25. The van der Waals surface area contributed by atoms with Gasteiger partial charge in [-0.05, 0) is 0 Å². The fourth-order valence-electron chi connectivity index (χ4n) is 1.97. The number of hydrogen-bond acceptors (Lipinski definition) is 5. The molecule has 0 aromatic rings. The summed E-state index contributed by atoms with van der Waals surface area (Å²) in [5.74, 6) is -1.40. The molecule has 1 atom stereocenters. The van der Waals surface area contributed by atoms with Crippen LogP contribution in [0.1, 0.15) is 6.42 Å². The van der Waals surface area contributed by atoms with E-state index in [9.17, 15) is 14.4 Å². The highest BCUT2D eigenvalue weighted by atomic mass is 16.4. The van der Waals surface area contributed by atoms with Gasteiger partial charge in [-0.15, -0.1) is 0 Å². The van der Waals surface area contributed by atoms with E-state index < -0.39 is 12.0 Å². The van der Waals surface area contributed by atoms with Gasteiger partial charge in [0.05, 0.1) is 19.0 Å². The number of rotatable bonds is 5. The molecule has 1 aliphatic heterocycles. The highest BCUT2D eigenvalue weighted by Gasteiger charge is 2.27. The summed E-state index contributed by atoms with van der Waals surface area (Å²) in [5, 5.41) is 8.62. The van der Waals surface area contributed by atoms with Gasteiger partial charge in [0.15, 0.2) is 0 Å². The van der Waals surface area contributed by atoms with Crippen molar-refractivity contribution in [3.63, 3.8) is 0 Å². The summed E-state index contributed by atoms with van der Waals surface area (Å²) in [6, 6.07) is -0.998. The summed E-state index contributed by atoms with van der Waals surface area (Å²) in [7, 11) is 3.40. The van der Waals surface area contributed by atoms with E-state index in [0.717, 1.165) is 0 Å². The van der Waals surface area contributed by atoms with E-state index in [1.165, 1.54) is 4.90 Å². The topological polar surface area (TPSA) is 107 Å². The Balaban J connectivity index is 2.40. The molecule has 2 amide bonds. The van der Waals surface area contributed by atoms with Crippen molar-refractivity contribution in [2.45, 2.75) is 12.5 Å². The predicted molar refractivity (Wildman–Crippen MR) is 71.9 cm³/mol. The molecule has 0 radical (unpaired) electrons. The average molecular weight is 286 g/mol. The van der Waals surface area contributed by atoms with Crippen molar-refractivity contribution in [1.82, 2.24) is 14.7 Å². The number of carbonyl (C=O) groups excluding carboxylic acids is 2. The van der Waals surface area contributed by atoms with E-state index in [2.05, 4.69) is 0 Å². The van der Waals surface area contributed by atoms with Crippen LogP contribution in [0, 0.1) is 0 Å². The lowest BCUT2D eigenvalue weighted by molar-refractivity contribution is -0.143. The van der Waals surface area contributed by atoms with Gasteiger partial charge in [0.1, 0.15) is 0 Å². The van der Waals surface area contributed by atoms with Crippen molar-refractivity contribution >= 4 is 17.8 Å². The molecule has 0 saturated carbocycles. The molecule has 114 valence electrons. The highest BCUT2D eigenvalue weighted by molar-refractivity contribution is 5.86. The lowest BCUT2D eigenvalue weighted by Crippen LogP contribution is -2.54. The van der Waals surface area contributed by atoms with E-state index in [1.807, 2.05) is 4.90 Å². The number of carbonyl (C=O) groups is 3. The van der Waals surface area contributed by atoms with Crippen molar-refractivity contribution in [1.29, 1.82) is 0 Å². The van der Waals surface area contributed by atoms with Crippen molar-refractivity contribution in [3.05, 3.63) is 0 Å². The van der Waals surface area contributed by atoms with Gasteiger partial charge < -0.3 is 20.6 Å². The second-order valence-corrected chi connectivity index (χ2v) is 5.09. The van der Waals surface area contributed by atoms with Crippen molar-refractivity contribution in [3.8, 4) is 0 Å².